The molecule has 4 N–H and O–H groups in total. The number of fused-ring (bicyclic) bond motifs is 1. The molecule has 3 aromatic rings. The zero-order chi connectivity index (χ0) is 21.2. The van der Waals surface area contributed by atoms with E-state index in [0.717, 1.165) is 11.1 Å². The first-order valence-electron chi connectivity index (χ1n) is 9.36. The van der Waals surface area contributed by atoms with E-state index in [4.69, 9.17) is 0 Å². The van der Waals surface area contributed by atoms with Gasteiger partial charge in [0, 0.05) is 41.1 Å². The van der Waals surface area contributed by atoms with E-state index >= 15 is 0 Å². The molecular weight excluding hydrogens is 375 g/mol. The molecule has 0 aliphatic rings. The number of rotatable bonds is 7. The first-order valence-corrected chi connectivity index (χ1v) is 9.36. The minimum atomic E-state index is -1.60. The Morgan fingerprint density at radius 1 is 1.24 bits per heavy atom. The van der Waals surface area contributed by atoms with Crippen LogP contribution in [-0.4, -0.2) is 55.5 Å². The van der Waals surface area contributed by atoms with Gasteiger partial charge in [-0.2, -0.15) is 5.10 Å². The van der Waals surface area contributed by atoms with Gasteiger partial charge in [-0.25, -0.2) is 14.4 Å². The third kappa shape index (κ3) is 4.68. The summed E-state index contributed by atoms with van der Waals surface area (Å²) < 4.78 is 14.0. The molecular formula is C20H25FN6O2. The summed E-state index contributed by atoms with van der Waals surface area (Å²) in [6, 6.07) is 1.92. The monoisotopic (exact) mass is 400 g/mol. The van der Waals surface area contributed by atoms with Crippen molar-refractivity contribution in [3.63, 3.8) is 0 Å². The number of nitrogens with zero attached hydrogens (tertiary/aromatic N) is 3. The summed E-state index contributed by atoms with van der Waals surface area (Å²) in [6.07, 6.45) is 4.94. The lowest BCUT2D eigenvalue weighted by molar-refractivity contribution is -0.00177. The molecule has 0 radical (unpaired) electrons. The molecule has 0 fully saturated rings. The molecule has 0 bridgehead atoms. The number of nitrogens with one attached hydrogen (secondary N) is 3. The van der Waals surface area contributed by atoms with Crippen LogP contribution >= 0.6 is 0 Å². The highest BCUT2D eigenvalue weighted by molar-refractivity contribution is 6.07. The molecule has 9 heteroatoms. The smallest absolute Gasteiger partial charge is 0.255 e. The van der Waals surface area contributed by atoms with Gasteiger partial charge in [0.1, 0.15) is 6.17 Å². The maximum atomic E-state index is 14.0. The Balaban J connectivity index is 2.00. The minimum absolute atomic E-state index is 0.0371. The molecule has 3 heterocycles. The van der Waals surface area contributed by atoms with Gasteiger partial charge in [0.05, 0.1) is 29.6 Å². The third-order valence-electron chi connectivity index (χ3n) is 4.44. The zero-order valence-electron chi connectivity index (χ0n) is 16.8. The Hall–Kier alpha value is -3.07. The highest BCUT2D eigenvalue weighted by Gasteiger charge is 2.27. The Morgan fingerprint density at radius 3 is 2.59 bits per heavy atom. The van der Waals surface area contributed by atoms with E-state index in [1.807, 2.05) is 19.9 Å². The van der Waals surface area contributed by atoms with Crippen LogP contribution in [0, 0.1) is 0 Å². The lowest BCUT2D eigenvalue weighted by atomic mass is 10.0. The molecule has 0 aliphatic carbocycles. The van der Waals surface area contributed by atoms with E-state index in [1.54, 1.807) is 18.6 Å². The van der Waals surface area contributed by atoms with Gasteiger partial charge < -0.3 is 15.7 Å². The predicted molar refractivity (Wildman–Crippen MR) is 109 cm³/mol. The molecule has 29 heavy (non-hydrogen) atoms. The molecule has 0 saturated heterocycles. The van der Waals surface area contributed by atoms with Gasteiger partial charge in [0.25, 0.3) is 5.91 Å². The van der Waals surface area contributed by atoms with Crippen molar-refractivity contribution in [2.24, 2.45) is 0 Å². The lowest BCUT2D eigenvalue weighted by Gasteiger charge is -2.23. The molecule has 0 aromatic carbocycles. The number of aromatic amines is 1. The van der Waals surface area contributed by atoms with Gasteiger partial charge in [-0.1, -0.05) is 0 Å². The number of halogens is 1. The topological polar surface area (TPSA) is 116 Å². The second-order valence-corrected chi connectivity index (χ2v) is 7.76. The summed E-state index contributed by atoms with van der Waals surface area (Å²) >= 11 is 0. The number of carbonyl (C=O) groups excluding carboxylic acids is 1. The molecule has 1 unspecified atom stereocenters. The van der Waals surface area contributed by atoms with Crippen LogP contribution in [0.1, 0.15) is 38.1 Å². The number of carbonyl (C=O) groups is 1. The maximum Gasteiger partial charge on any atom is 0.255 e. The van der Waals surface area contributed by atoms with Crippen LogP contribution in [0.5, 0.6) is 0 Å². The number of amides is 1. The largest absolute Gasteiger partial charge is 0.387 e. The molecule has 0 spiro atoms. The fourth-order valence-corrected chi connectivity index (χ4v) is 2.79. The molecule has 1 atom stereocenters. The van der Waals surface area contributed by atoms with Crippen molar-refractivity contribution in [1.82, 2.24) is 25.5 Å². The quantitative estimate of drug-likeness (QED) is 0.485. The summed E-state index contributed by atoms with van der Waals surface area (Å²) in [5.41, 5.74) is 1.46. The zero-order valence-corrected chi connectivity index (χ0v) is 16.8. The first kappa shape index (κ1) is 20.7. The molecule has 0 aliphatic heterocycles. The standard InChI is InChI=1S/C20H25FN6O2/c1-11(2)27-17-14-5-12(13-7-25-26-8-13)6-22-18(14)23-9-15(17)19(28)24-10-16(21)20(3,4)29/h5-9,11,16,29H,10H2,1-4H3,(H,24,28)(H,25,26)(H,22,23,27). The van der Waals surface area contributed by atoms with Crippen molar-refractivity contribution in [3.05, 3.63) is 36.4 Å². The van der Waals surface area contributed by atoms with Gasteiger partial charge in [0.15, 0.2) is 5.65 Å². The van der Waals surface area contributed by atoms with Crippen LogP contribution in [0.4, 0.5) is 10.1 Å². The molecule has 8 nitrogen and oxygen atoms in total. The normalized spacial score (nSPS) is 12.9. The SMILES string of the molecule is CC(C)Nc1c(C(=O)NCC(F)C(C)(C)O)cnc2ncc(-c3cn[nH]c3)cc12. The van der Waals surface area contributed by atoms with Gasteiger partial charge >= 0.3 is 0 Å². The number of pyridine rings is 2. The van der Waals surface area contributed by atoms with Crippen molar-refractivity contribution >= 4 is 22.6 Å². The van der Waals surface area contributed by atoms with Crippen molar-refractivity contribution in [1.29, 1.82) is 0 Å². The van der Waals surface area contributed by atoms with Crippen molar-refractivity contribution in [2.75, 3.05) is 11.9 Å². The molecule has 3 aromatic heterocycles. The summed E-state index contributed by atoms with van der Waals surface area (Å²) in [6.45, 7) is 6.31. The van der Waals surface area contributed by atoms with Crippen LogP contribution in [-0.2, 0) is 0 Å². The maximum absolute atomic E-state index is 14.0. The predicted octanol–water partition coefficient (Wildman–Crippen LogP) is 2.68. The summed E-state index contributed by atoms with van der Waals surface area (Å²) in [5, 5.41) is 22.9. The number of H-pyrrole nitrogens is 1. The average Bonchev–Trinajstić information content (AvgIpc) is 3.19. The molecule has 154 valence electrons. The Bertz CT molecular complexity index is 998. The fraction of sp³-hybridized carbons (Fsp3) is 0.400. The number of alkyl halides is 1. The van der Waals surface area contributed by atoms with E-state index < -0.39 is 17.7 Å². The van der Waals surface area contributed by atoms with Gasteiger partial charge in [-0.05, 0) is 33.8 Å². The Morgan fingerprint density at radius 2 is 1.97 bits per heavy atom. The molecule has 0 saturated carbocycles. The number of aliphatic hydroxyl groups is 1. The number of hydrogen-bond acceptors (Lipinski definition) is 6. The number of hydrogen-bond donors (Lipinski definition) is 4. The van der Waals surface area contributed by atoms with Crippen LogP contribution in [0.3, 0.4) is 0 Å². The summed E-state index contributed by atoms with van der Waals surface area (Å²) in [7, 11) is 0. The highest BCUT2D eigenvalue weighted by Crippen LogP contribution is 2.29. The molecule has 3 rings (SSSR count). The average molecular weight is 400 g/mol. The second-order valence-electron chi connectivity index (χ2n) is 7.76. The first-order chi connectivity index (χ1) is 13.7. The number of anilines is 1. The van der Waals surface area contributed by atoms with Gasteiger partial charge in [-0.15, -0.1) is 0 Å². The van der Waals surface area contributed by atoms with Crippen LogP contribution in [0.25, 0.3) is 22.2 Å². The number of aromatic nitrogens is 4. The molecule has 1 amide bonds. The van der Waals surface area contributed by atoms with Gasteiger partial charge in [-0.3, -0.25) is 9.89 Å². The van der Waals surface area contributed by atoms with E-state index in [0.29, 0.717) is 16.7 Å². The fourth-order valence-electron chi connectivity index (χ4n) is 2.79. The van der Waals surface area contributed by atoms with Crippen LogP contribution in [0.2, 0.25) is 0 Å². The highest BCUT2D eigenvalue weighted by atomic mass is 19.1. The van der Waals surface area contributed by atoms with E-state index in [-0.39, 0.29) is 18.2 Å². The van der Waals surface area contributed by atoms with Crippen LogP contribution in [0.15, 0.2) is 30.9 Å². The van der Waals surface area contributed by atoms with E-state index in [2.05, 4.69) is 30.8 Å². The van der Waals surface area contributed by atoms with E-state index in [1.165, 1.54) is 20.0 Å². The summed E-state index contributed by atoms with van der Waals surface area (Å²) in [4.78, 5) is 21.4. The van der Waals surface area contributed by atoms with Crippen molar-refractivity contribution in [2.45, 2.75) is 45.5 Å². The second kappa shape index (κ2) is 8.12. The van der Waals surface area contributed by atoms with Crippen LogP contribution < -0.4 is 10.6 Å². The van der Waals surface area contributed by atoms with Gasteiger partial charge in [0.2, 0.25) is 0 Å². The lowest BCUT2D eigenvalue weighted by Crippen LogP contribution is -2.42. The Kier molecular flexibility index (Phi) is 5.78. The van der Waals surface area contributed by atoms with Crippen molar-refractivity contribution < 1.29 is 14.3 Å². The Labute approximate surface area is 168 Å². The minimum Gasteiger partial charge on any atom is -0.387 e. The third-order valence-corrected chi connectivity index (χ3v) is 4.44. The summed E-state index contributed by atoms with van der Waals surface area (Å²) in [5.74, 6) is -0.483. The van der Waals surface area contributed by atoms with Crippen molar-refractivity contribution in [3.8, 4) is 11.1 Å². The van der Waals surface area contributed by atoms with E-state index in [9.17, 15) is 14.3 Å².